The Labute approximate surface area is 270 Å². The Bertz CT molecular complexity index is 2100. The Hall–Kier alpha value is -5.66. The lowest BCUT2D eigenvalue weighted by Gasteiger charge is -2.43. The highest BCUT2D eigenvalue weighted by atomic mass is 15.2. The van der Waals surface area contributed by atoms with E-state index in [4.69, 9.17) is 0 Å². The second-order valence-electron chi connectivity index (χ2n) is 13.2. The zero-order valence-corrected chi connectivity index (χ0v) is 26.5. The van der Waals surface area contributed by atoms with Gasteiger partial charge in [-0.25, -0.2) is 0 Å². The third kappa shape index (κ3) is 3.95. The molecule has 0 aliphatic carbocycles. The molecule has 0 radical (unpaired) electrons. The number of benzene rings is 5. The van der Waals surface area contributed by atoms with Crippen LogP contribution in [0.5, 0.6) is 0 Å². The Kier molecular flexibility index (Phi) is 6.17. The fourth-order valence-corrected chi connectivity index (χ4v) is 7.66. The first-order chi connectivity index (χ1) is 22.3. The molecule has 4 nitrogen and oxygen atoms in total. The molecule has 0 atom stereocenters. The van der Waals surface area contributed by atoms with E-state index in [1.54, 1.807) is 0 Å². The van der Waals surface area contributed by atoms with E-state index < -0.39 is 0 Å². The number of hydrogen-bond donors (Lipinski definition) is 0. The van der Waals surface area contributed by atoms with E-state index in [9.17, 15) is 5.26 Å². The monoisotopic (exact) mass is 594 g/mol. The van der Waals surface area contributed by atoms with Gasteiger partial charge in [0.15, 0.2) is 0 Å². The molecule has 46 heavy (non-hydrogen) atoms. The summed E-state index contributed by atoms with van der Waals surface area (Å²) in [7, 11) is 0. The van der Waals surface area contributed by atoms with Crippen molar-refractivity contribution in [3.8, 4) is 17.2 Å². The van der Waals surface area contributed by atoms with Crippen molar-refractivity contribution in [1.82, 2.24) is 4.98 Å². The summed E-state index contributed by atoms with van der Waals surface area (Å²) in [4.78, 5) is 9.42. The predicted molar refractivity (Wildman–Crippen MR) is 188 cm³/mol. The number of anilines is 6. The van der Waals surface area contributed by atoms with Gasteiger partial charge in [0, 0.05) is 34.4 Å². The summed E-state index contributed by atoms with van der Waals surface area (Å²) in [6.45, 7) is 9.20. The lowest BCUT2D eigenvalue weighted by atomic mass is 9.73. The molecule has 0 unspecified atom stereocenters. The molecular weight excluding hydrogens is 560 g/mol. The van der Waals surface area contributed by atoms with Crippen molar-refractivity contribution in [1.29, 1.82) is 5.26 Å². The number of fused-ring (bicyclic) bond motifs is 4. The summed E-state index contributed by atoms with van der Waals surface area (Å²) in [5.41, 5.74) is 13.8. The SMILES string of the molecule is CC1(C)c2ccccc2N(c2ccncc2-c2cc(C#N)ccc2N2c3ccccc3C(C)(C)c3ccccc32)c2ccccc21. The zero-order valence-electron chi connectivity index (χ0n) is 26.5. The van der Waals surface area contributed by atoms with Gasteiger partial charge in [-0.2, -0.15) is 5.26 Å². The Balaban J connectivity index is 1.42. The highest BCUT2D eigenvalue weighted by molar-refractivity contribution is 5.99. The standard InChI is InChI=1S/C42H34N4/c1-41(2)31-13-5-9-17-37(31)45(38-18-10-6-14-32(38)41)35-22-21-28(26-43)25-29(35)30-27-44-24-23-36(30)46-39-19-11-7-15-33(39)42(3,4)34-16-8-12-20-40(34)46/h5-25,27H,1-4H3. The van der Waals surface area contributed by atoms with Gasteiger partial charge >= 0.3 is 0 Å². The number of rotatable bonds is 3. The Morgan fingerprint density at radius 3 is 1.35 bits per heavy atom. The van der Waals surface area contributed by atoms with Crippen LogP contribution in [-0.4, -0.2) is 4.98 Å². The molecule has 2 aliphatic heterocycles. The zero-order chi connectivity index (χ0) is 31.6. The quantitative estimate of drug-likeness (QED) is 0.204. The largest absolute Gasteiger partial charge is 0.309 e. The van der Waals surface area contributed by atoms with E-state index in [0.717, 1.165) is 45.3 Å². The molecule has 8 rings (SSSR count). The van der Waals surface area contributed by atoms with Crippen LogP contribution in [0.1, 0.15) is 55.5 Å². The normalized spacial score (nSPS) is 15.2. The molecule has 0 saturated heterocycles. The van der Waals surface area contributed by atoms with Crippen LogP contribution in [0.2, 0.25) is 0 Å². The Morgan fingerprint density at radius 2 is 0.913 bits per heavy atom. The minimum absolute atomic E-state index is 0.170. The van der Waals surface area contributed by atoms with Crippen molar-refractivity contribution in [3.05, 3.63) is 162 Å². The molecule has 0 bridgehead atoms. The van der Waals surface area contributed by atoms with Gasteiger partial charge in [-0.1, -0.05) is 100 Å². The molecule has 6 aromatic rings. The smallest absolute Gasteiger partial charge is 0.0991 e. The predicted octanol–water partition coefficient (Wildman–Crippen LogP) is 10.8. The third-order valence-electron chi connectivity index (χ3n) is 9.97. The summed E-state index contributed by atoms with van der Waals surface area (Å²) in [6, 6.07) is 45.3. The topological polar surface area (TPSA) is 43.2 Å². The molecule has 0 spiro atoms. The average molecular weight is 595 g/mol. The minimum atomic E-state index is -0.177. The molecular formula is C42H34N4. The van der Waals surface area contributed by atoms with Gasteiger partial charge in [-0.15, -0.1) is 0 Å². The van der Waals surface area contributed by atoms with Crippen molar-refractivity contribution in [2.75, 3.05) is 9.80 Å². The molecule has 3 heterocycles. The number of hydrogen-bond acceptors (Lipinski definition) is 4. The number of nitrogens with zero attached hydrogens (tertiary/aromatic N) is 4. The summed E-state index contributed by atoms with van der Waals surface area (Å²) in [5.74, 6) is 0. The van der Waals surface area contributed by atoms with Crippen LogP contribution < -0.4 is 9.80 Å². The van der Waals surface area contributed by atoms with Gasteiger partial charge in [-0.05, 0) is 70.8 Å². The van der Waals surface area contributed by atoms with E-state index in [1.807, 2.05) is 24.5 Å². The van der Waals surface area contributed by atoms with Crippen LogP contribution in [0.4, 0.5) is 34.1 Å². The van der Waals surface area contributed by atoms with Gasteiger partial charge in [0.25, 0.3) is 0 Å². The maximum Gasteiger partial charge on any atom is 0.0991 e. The highest BCUT2D eigenvalue weighted by Gasteiger charge is 2.39. The first-order valence-electron chi connectivity index (χ1n) is 15.8. The van der Waals surface area contributed by atoms with Gasteiger partial charge in [0.05, 0.1) is 45.8 Å². The van der Waals surface area contributed by atoms with Crippen LogP contribution >= 0.6 is 0 Å². The van der Waals surface area contributed by atoms with E-state index >= 15 is 0 Å². The molecule has 2 aliphatic rings. The molecule has 0 amide bonds. The van der Waals surface area contributed by atoms with Gasteiger partial charge in [0.1, 0.15) is 0 Å². The third-order valence-corrected chi connectivity index (χ3v) is 9.97. The number of nitriles is 1. The van der Waals surface area contributed by atoms with Gasteiger partial charge in [0.2, 0.25) is 0 Å². The average Bonchev–Trinajstić information content (AvgIpc) is 3.09. The van der Waals surface area contributed by atoms with Crippen LogP contribution in [0.15, 0.2) is 134 Å². The van der Waals surface area contributed by atoms with E-state index in [1.165, 1.54) is 22.3 Å². The molecule has 0 fully saturated rings. The molecule has 0 N–H and O–H groups in total. The first kappa shape index (κ1) is 27.9. The van der Waals surface area contributed by atoms with Gasteiger partial charge < -0.3 is 9.80 Å². The lowest BCUT2D eigenvalue weighted by Crippen LogP contribution is -2.31. The van der Waals surface area contributed by atoms with Crippen molar-refractivity contribution >= 4 is 34.1 Å². The van der Waals surface area contributed by atoms with Crippen LogP contribution in [0, 0.1) is 11.3 Å². The van der Waals surface area contributed by atoms with E-state index in [0.29, 0.717) is 5.56 Å². The van der Waals surface area contributed by atoms with Crippen molar-refractivity contribution in [3.63, 3.8) is 0 Å². The second-order valence-corrected chi connectivity index (χ2v) is 13.2. The van der Waals surface area contributed by atoms with Crippen molar-refractivity contribution < 1.29 is 0 Å². The fourth-order valence-electron chi connectivity index (χ4n) is 7.66. The summed E-state index contributed by atoms with van der Waals surface area (Å²) < 4.78 is 0. The molecule has 4 heteroatoms. The fraction of sp³-hybridized carbons (Fsp3) is 0.143. The van der Waals surface area contributed by atoms with Crippen LogP contribution in [0.3, 0.4) is 0 Å². The second kappa shape index (κ2) is 10.2. The van der Waals surface area contributed by atoms with E-state index in [-0.39, 0.29) is 10.8 Å². The summed E-state index contributed by atoms with van der Waals surface area (Å²) >= 11 is 0. The molecule has 5 aromatic carbocycles. The molecule has 222 valence electrons. The van der Waals surface area contributed by atoms with Gasteiger partial charge in [-0.3, -0.25) is 4.98 Å². The maximum atomic E-state index is 10.1. The minimum Gasteiger partial charge on any atom is -0.309 e. The summed E-state index contributed by atoms with van der Waals surface area (Å²) in [6.07, 6.45) is 3.82. The van der Waals surface area contributed by atoms with Crippen molar-refractivity contribution in [2.24, 2.45) is 0 Å². The number of aromatic nitrogens is 1. The lowest BCUT2D eigenvalue weighted by molar-refractivity contribution is 0.631. The number of pyridine rings is 1. The maximum absolute atomic E-state index is 10.1. The highest BCUT2D eigenvalue weighted by Crippen LogP contribution is 2.56. The summed E-state index contributed by atoms with van der Waals surface area (Å²) in [5, 5.41) is 10.1. The molecule has 0 saturated carbocycles. The van der Waals surface area contributed by atoms with Crippen molar-refractivity contribution in [2.45, 2.75) is 38.5 Å². The number of para-hydroxylation sites is 4. The first-order valence-corrected chi connectivity index (χ1v) is 15.8. The van der Waals surface area contributed by atoms with Crippen LogP contribution in [-0.2, 0) is 10.8 Å². The van der Waals surface area contributed by atoms with Crippen LogP contribution in [0.25, 0.3) is 11.1 Å². The van der Waals surface area contributed by atoms with E-state index in [2.05, 4.69) is 158 Å². The Morgan fingerprint density at radius 1 is 0.500 bits per heavy atom. The molecule has 1 aromatic heterocycles.